The van der Waals surface area contributed by atoms with E-state index in [0.717, 1.165) is 19.4 Å². The summed E-state index contributed by atoms with van der Waals surface area (Å²) in [5.74, 6) is 0.0894. The largest absolute Gasteiger partial charge is 0.341 e. The van der Waals surface area contributed by atoms with Crippen LogP contribution >= 0.6 is 0 Å². The maximum absolute atomic E-state index is 11.7. The molecule has 5 heteroatoms. The Bertz CT molecular complexity index is 276. The molecule has 0 unspecified atom stereocenters. The standard InChI is InChI=1S/C10H17N3O2/c1-12(8-2-3-8)10(15)7-13-5-4-11-6-9(13)14/h8,11H,2-7H2,1H3. The molecular formula is C10H17N3O2. The van der Waals surface area contributed by atoms with Gasteiger partial charge in [-0.2, -0.15) is 0 Å². The van der Waals surface area contributed by atoms with E-state index in [9.17, 15) is 9.59 Å². The van der Waals surface area contributed by atoms with Gasteiger partial charge in [-0.1, -0.05) is 0 Å². The lowest BCUT2D eigenvalue weighted by Crippen LogP contribution is -2.51. The van der Waals surface area contributed by atoms with Gasteiger partial charge < -0.3 is 15.1 Å². The minimum Gasteiger partial charge on any atom is -0.341 e. The van der Waals surface area contributed by atoms with Crippen molar-refractivity contribution in [3.63, 3.8) is 0 Å². The summed E-state index contributed by atoms with van der Waals surface area (Å²) < 4.78 is 0. The van der Waals surface area contributed by atoms with Crippen molar-refractivity contribution < 1.29 is 9.59 Å². The van der Waals surface area contributed by atoms with Gasteiger partial charge in [-0.3, -0.25) is 9.59 Å². The van der Waals surface area contributed by atoms with Crippen molar-refractivity contribution in [2.75, 3.05) is 33.2 Å². The van der Waals surface area contributed by atoms with Crippen molar-refractivity contribution in [3.05, 3.63) is 0 Å². The van der Waals surface area contributed by atoms with Crippen LogP contribution in [-0.4, -0.2) is 60.9 Å². The van der Waals surface area contributed by atoms with Crippen LogP contribution in [0.25, 0.3) is 0 Å². The van der Waals surface area contributed by atoms with Crippen LogP contribution in [0.15, 0.2) is 0 Å². The second kappa shape index (κ2) is 4.18. The minimum atomic E-state index is 0.0267. The number of piperazine rings is 1. The molecule has 2 fully saturated rings. The van der Waals surface area contributed by atoms with Gasteiger partial charge in [0.25, 0.3) is 0 Å². The molecule has 0 aromatic rings. The minimum absolute atomic E-state index is 0.0267. The summed E-state index contributed by atoms with van der Waals surface area (Å²) in [6.45, 7) is 2.03. The number of amides is 2. The molecule has 1 saturated heterocycles. The van der Waals surface area contributed by atoms with Crippen molar-refractivity contribution in [1.82, 2.24) is 15.1 Å². The van der Waals surface area contributed by atoms with Crippen LogP contribution in [0.3, 0.4) is 0 Å². The highest BCUT2D eigenvalue weighted by molar-refractivity contribution is 5.86. The Labute approximate surface area is 89.4 Å². The van der Waals surface area contributed by atoms with Gasteiger partial charge in [0.2, 0.25) is 11.8 Å². The van der Waals surface area contributed by atoms with Crippen molar-refractivity contribution in [1.29, 1.82) is 0 Å². The first kappa shape index (κ1) is 10.4. The average Bonchev–Trinajstić information content (AvgIpc) is 3.04. The molecular weight excluding hydrogens is 194 g/mol. The molecule has 0 atom stereocenters. The van der Waals surface area contributed by atoms with Crippen molar-refractivity contribution >= 4 is 11.8 Å². The summed E-state index contributed by atoms with van der Waals surface area (Å²) in [5, 5.41) is 2.99. The van der Waals surface area contributed by atoms with E-state index in [2.05, 4.69) is 5.32 Å². The number of hydrogen-bond donors (Lipinski definition) is 1. The van der Waals surface area contributed by atoms with E-state index in [4.69, 9.17) is 0 Å². The topological polar surface area (TPSA) is 52.7 Å². The average molecular weight is 211 g/mol. The number of likely N-dealkylation sites (N-methyl/N-ethyl adjacent to an activating group) is 1. The second-order valence-electron chi connectivity index (χ2n) is 4.23. The quantitative estimate of drug-likeness (QED) is 0.654. The summed E-state index contributed by atoms with van der Waals surface area (Å²) >= 11 is 0. The number of carbonyl (C=O) groups excluding carboxylic acids is 2. The molecule has 1 aliphatic heterocycles. The van der Waals surface area contributed by atoms with Gasteiger partial charge in [0.05, 0.1) is 13.1 Å². The second-order valence-corrected chi connectivity index (χ2v) is 4.23. The van der Waals surface area contributed by atoms with E-state index in [-0.39, 0.29) is 18.4 Å². The van der Waals surface area contributed by atoms with Crippen LogP contribution in [0, 0.1) is 0 Å². The Hall–Kier alpha value is -1.10. The zero-order valence-corrected chi connectivity index (χ0v) is 9.03. The van der Waals surface area contributed by atoms with Gasteiger partial charge in [-0.25, -0.2) is 0 Å². The van der Waals surface area contributed by atoms with E-state index < -0.39 is 0 Å². The molecule has 15 heavy (non-hydrogen) atoms. The first-order chi connectivity index (χ1) is 7.18. The zero-order chi connectivity index (χ0) is 10.8. The Morgan fingerprint density at radius 1 is 1.60 bits per heavy atom. The molecule has 1 N–H and O–H groups in total. The number of carbonyl (C=O) groups is 2. The van der Waals surface area contributed by atoms with E-state index >= 15 is 0 Å². The Kier molecular flexibility index (Phi) is 2.90. The molecule has 1 heterocycles. The molecule has 0 aromatic heterocycles. The summed E-state index contributed by atoms with van der Waals surface area (Å²) in [5.41, 5.74) is 0. The van der Waals surface area contributed by atoms with Gasteiger partial charge in [0, 0.05) is 26.2 Å². The lowest BCUT2D eigenvalue weighted by atomic mass is 10.3. The van der Waals surface area contributed by atoms with E-state index in [1.165, 1.54) is 0 Å². The predicted molar refractivity (Wildman–Crippen MR) is 55.2 cm³/mol. The maximum atomic E-state index is 11.7. The predicted octanol–water partition coefficient (Wildman–Crippen LogP) is -0.961. The molecule has 0 radical (unpaired) electrons. The highest BCUT2D eigenvalue weighted by Crippen LogP contribution is 2.25. The van der Waals surface area contributed by atoms with Gasteiger partial charge in [0.1, 0.15) is 0 Å². The third kappa shape index (κ3) is 2.47. The number of rotatable bonds is 3. The van der Waals surface area contributed by atoms with Crippen molar-refractivity contribution in [2.24, 2.45) is 0 Å². The highest BCUT2D eigenvalue weighted by atomic mass is 16.2. The van der Waals surface area contributed by atoms with Gasteiger partial charge in [-0.05, 0) is 12.8 Å². The van der Waals surface area contributed by atoms with E-state index in [1.807, 2.05) is 7.05 Å². The lowest BCUT2D eigenvalue weighted by molar-refractivity contribution is -0.140. The smallest absolute Gasteiger partial charge is 0.242 e. The monoisotopic (exact) mass is 211 g/mol. The van der Waals surface area contributed by atoms with E-state index in [0.29, 0.717) is 19.1 Å². The SMILES string of the molecule is CN(C(=O)CN1CCNCC1=O)C1CC1. The highest BCUT2D eigenvalue weighted by Gasteiger charge is 2.31. The van der Waals surface area contributed by atoms with Crippen LogP contribution in [0.1, 0.15) is 12.8 Å². The Morgan fingerprint density at radius 3 is 2.93 bits per heavy atom. The Balaban J connectivity index is 1.83. The molecule has 0 aromatic carbocycles. The third-order valence-electron chi connectivity index (χ3n) is 3.00. The van der Waals surface area contributed by atoms with Crippen LogP contribution in [0.2, 0.25) is 0 Å². The maximum Gasteiger partial charge on any atom is 0.242 e. The lowest BCUT2D eigenvalue weighted by Gasteiger charge is -2.28. The number of nitrogens with zero attached hydrogens (tertiary/aromatic N) is 2. The summed E-state index contributed by atoms with van der Waals surface area (Å²) in [7, 11) is 1.83. The molecule has 0 bridgehead atoms. The molecule has 2 rings (SSSR count). The van der Waals surface area contributed by atoms with Gasteiger partial charge in [0.15, 0.2) is 0 Å². The fourth-order valence-electron chi connectivity index (χ4n) is 1.75. The first-order valence-electron chi connectivity index (χ1n) is 5.42. The van der Waals surface area contributed by atoms with Gasteiger partial charge >= 0.3 is 0 Å². The fraction of sp³-hybridized carbons (Fsp3) is 0.800. The summed E-state index contributed by atoms with van der Waals surface area (Å²) in [6.07, 6.45) is 2.22. The van der Waals surface area contributed by atoms with Crippen molar-refractivity contribution in [3.8, 4) is 0 Å². The molecule has 0 spiro atoms. The number of nitrogens with one attached hydrogen (secondary N) is 1. The first-order valence-corrected chi connectivity index (χ1v) is 5.42. The van der Waals surface area contributed by atoms with Crippen LogP contribution in [-0.2, 0) is 9.59 Å². The van der Waals surface area contributed by atoms with Gasteiger partial charge in [-0.15, -0.1) is 0 Å². The zero-order valence-electron chi connectivity index (χ0n) is 9.03. The molecule has 1 aliphatic carbocycles. The van der Waals surface area contributed by atoms with E-state index in [1.54, 1.807) is 9.80 Å². The Morgan fingerprint density at radius 2 is 2.33 bits per heavy atom. The number of hydrogen-bond acceptors (Lipinski definition) is 3. The van der Waals surface area contributed by atoms with Crippen molar-refractivity contribution in [2.45, 2.75) is 18.9 Å². The molecule has 1 saturated carbocycles. The van der Waals surface area contributed by atoms with Crippen LogP contribution in [0.5, 0.6) is 0 Å². The van der Waals surface area contributed by atoms with Crippen LogP contribution in [0.4, 0.5) is 0 Å². The fourth-order valence-corrected chi connectivity index (χ4v) is 1.75. The van der Waals surface area contributed by atoms with Crippen LogP contribution < -0.4 is 5.32 Å². The summed E-state index contributed by atoms with van der Waals surface area (Å²) in [6, 6.07) is 0.426. The molecule has 2 amide bonds. The molecule has 84 valence electrons. The normalized spacial score (nSPS) is 21.7. The summed E-state index contributed by atoms with van der Waals surface area (Å²) in [4.78, 5) is 26.6. The third-order valence-corrected chi connectivity index (χ3v) is 3.00. The molecule has 5 nitrogen and oxygen atoms in total. The molecule has 2 aliphatic rings.